The summed E-state index contributed by atoms with van der Waals surface area (Å²) in [5.41, 5.74) is -0.269. The van der Waals surface area contributed by atoms with Crippen LogP contribution in [0.4, 0.5) is 11.4 Å². The molecule has 0 saturated heterocycles. The summed E-state index contributed by atoms with van der Waals surface area (Å²) < 4.78 is 40.3. The summed E-state index contributed by atoms with van der Waals surface area (Å²) in [5.74, 6) is -2.00. The van der Waals surface area contributed by atoms with E-state index in [9.17, 15) is 33.2 Å². The van der Waals surface area contributed by atoms with Crippen molar-refractivity contribution in [2.45, 2.75) is 85.0 Å². The molecule has 0 spiro atoms. The van der Waals surface area contributed by atoms with E-state index in [4.69, 9.17) is 9.47 Å². The van der Waals surface area contributed by atoms with E-state index in [-0.39, 0.29) is 52.6 Å². The van der Waals surface area contributed by atoms with Crippen molar-refractivity contribution in [1.82, 2.24) is 8.87 Å². The summed E-state index contributed by atoms with van der Waals surface area (Å²) in [6.45, 7) is 14.6. The van der Waals surface area contributed by atoms with Crippen LogP contribution in [0, 0.1) is 24.2 Å². The topological polar surface area (TPSA) is 181 Å². The summed E-state index contributed by atoms with van der Waals surface area (Å²) in [7, 11) is -4.19. The Hall–Kier alpha value is -4.35. The van der Waals surface area contributed by atoms with Gasteiger partial charge in [0.1, 0.15) is 23.8 Å². The molecule has 45 heavy (non-hydrogen) atoms. The molecule has 0 radical (unpaired) electrons. The highest BCUT2D eigenvalue weighted by molar-refractivity contribution is 7.89. The lowest BCUT2D eigenvalue weighted by Gasteiger charge is -2.28. The van der Waals surface area contributed by atoms with Crippen LogP contribution in [0.5, 0.6) is 5.88 Å². The molecule has 2 atom stereocenters. The van der Waals surface area contributed by atoms with E-state index in [1.54, 1.807) is 20.8 Å². The van der Waals surface area contributed by atoms with Gasteiger partial charge in [0.05, 0.1) is 29.6 Å². The lowest BCUT2D eigenvalue weighted by molar-refractivity contribution is -0.152. The zero-order valence-electron chi connectivity index (χ0n) is 26.7. The van der Waals surface area contributed by atoms with E-state index in [1.807, 2.05) is 13.0 Å². The third-order valence-corrected chi connectivity index (χ3v) is 8.46. The third kappa shape index (κ3) is 9.57. The number of aromatic hydroxyl groups is 1. The molecule has 2 aromatic rings. The number of sulfonamides is 1. The zero-order valence-corrected chi connectivity index (χ0v) is 27.5. The molecule has 0 bridgehead atoms. The summed E-state index contributed by atoms with van der Waals surface area (Å²) in [6, 6.07) is 7.27. The van der Waals surface area contributed by atoms with Crippen molar-refractivity contribution in [1.29, 1.82) is 5.26 Å². The molecule has 0 aliphatic rings. The molecule has 1 aromatic heterocycles. The number of aromatic nitrogens is 1. The van der Waals surface area contributed by atoms with Crippen molar-refractivity contribution in [3.63, 3.8) is 0 Å². The largest absolute Gasteiger partial charge is 0.493 e. The number of carbonyl (C=O) groups is 2. The molecule has 1 N–H and O–H groups in total. The van der Waals surface area contributed by atoms with Crippen LogP contribution in [0.3, 0.4) is 0 Å². The maximum atomic E-state index is 13.7. The van der Waals surface area contributed by atoms with Crippen LogP contribution in [-0.4, -0.2) is 59.6 Å². The lowest BCUT2D eigenvalue weighted by atomic mass is 10.1. The van der Waals surface area contributed by atoms with Crippen molar-refractivity contribution < 1.29 is 32.6 Å². The highest BCUT2D eigenvalue weighted by atomic mass is 32.2. The molecule has 1 aromatic carbocycles. The number of pyridine rings is 1. The average molecular weight is 644 g/mol. The highest BCUT2D eigenvalue weighted by Gasteiger charge is 2.30. The maximum absolute atomic E-state index is 13.7. The number of azo groups is 1. The van der Waals surface area contributed by atoms with Gasteiger partial charge in [-0.2, -0.15) is 14.7 Å². The first kappa shape index (κ1) is 36.8. The van der Waals surface area contributed by atoms with Crippen LogP contribution >= 0.6 is 0 Å². The highest BCUT2D eigenvalue weighted by Crippen LogP contribution is 2.28. The standard InChI is InChI=1S/C31H41N5O8S/c1-9-10-15-36-28(37)26(16-32)23(8)27(29(36)38)34-33-24-11-13-25(14-12-24)45(41,42)35(17-21(6)43-30(39)19(2)3)18-22(7)44-31(40)20(4)5/h11-14,20-22,37H,2,9-10,15,17-18H2,1,3-8H3. The predicted molar refractivity (Wildman–Crippen MR) is 167 cm³/mol. The van der Waals surface area contributed by atoms with E-state index in [1.165, 1.54) is 45.0 Å². The Bertz CT molecular complexity index is 1640. The number of hydrogen-bond acceptors (Lipinski definition) is 11. The zero-order chi connectivity index (χ0) is 34.1. The van der Waals surface area contributed by atoms with Gasteiger partial charge < -0.3 is 14.6 Å². The van der Waals surface area contributed by atoms with Crippen LogP contribution < -0.4 is 5.56 Å². The van der Waals surface area contributed by atoms with Crippen LogP contribution in [0.2, 0.25) is 0 Å². The lowest BCUT2D eigenvalue weighted by Crippen LogP contribution is -2.43. The molecule has 0 saturated carbocycles. The van der Waals surface area contributed by atoms with Crippen LogP contribution in [-0.2, 0) is 35.6 Å². The van der Waals surface area contributed by atoms with Gasteiger partial charge >= 0.3 is 11.9 Å². The van der Waals surface area contributed by atoms with Crippen molar-refractivity contribution in [3.05, 3.63) is 57.9 Å². The summed E-state index contributed by atoms with van der Waals surface area (Å²) in [6.07, 6.45) is -0.302. The number of hydrogen-bond donors (Lipinski definition) is 1. The monoisotopic (exact) mass is 643 g/mol. The fraction of sp³-hybridized carbons (Fsp3) is 0.484. The minimum Gasteiger partial charge on any atom is -0.493 e. The number of rotatable bonds is 15. The van der Waals surface area contributed by atoms with E-state index in [2.05, 4.69) is 16.8 Å². The summed E-state index contributed by atoms with van der Waals surface area (Å²) in [5, 5.41) is 28.1. The van der Waals surface area contributed by atoms with Crippen molar-refractivity contribution in [2.75, 3.05) is 13.1 Å². The molecule has 244 valence electrons. The van der Waals surface area contributed by atoms with Crippen molar-refractivity contribution in [2.24, 2.45) is 16.1 Å². The Morgan fingerprint density at radius 1 is 1.09 bits per heavy atom. The number of carbonyl (C=O) groups excluding carboxylic acids is 2. The minimum atomic E-state index is -4.19. The molecular weight excluding hydrogens is 602 g/mol. The van der Waals surface area contributed by atoms with Crippen molar-refractivity contribution in [3.8, 4) is 11.9 Å². The number of unbranched alkanes of at least 4 members (excludes halogenated alkanes) is 1. The fourth-order valence-electron chi connectivity index (χ4n) is 4.06. The Kier molecular flexibility index (Phi) is 13.2. The first-order chi connectivity index (χ1) is 21.0. The van der Waals surface area contributed by atoms with E-state index >= 15 is 0 Å². The maximum Gasteiger partial charge on any atom is 0.333 e. The number of nitrogens with zero attached hydrogens (tertiary/aromatic N) is 5. The minimum absolute atomic E-state index is 0.0855. The third-order valence-electron chi connectivity index (χ3n) is 6.61. The molecule has 14 heteroatoms. The van der Waals surface area contributed by atoms with Gasteiger partial charge in [0.25, 0.3) is 5.56 Å². The summed E-state index contributed by atoms with van der Waals surface area (Å²) in [4.78, 5) is 37.1. The Labute approximate surface area is 263 Å². The molecule has 2 rings (SSSR count). The van der Waals surface area contributed by atoms with Crippen molar-refractivity contribution >= 4 is 33.3 Å². The second kappa shape index (κ2) is 16.1. The van der Waals surface area contributed by atoms with Gasteiger partial charge in [-0.15, -0.1) is 5.11 Å². The second-order valence-corrected chi connectivity index (χ2v) is 12.9. The van der Waals surface area contributed by atoms with Gasteiger partial charge in [-0.1, -0.05) is 33.8 Å². The van der Waals surface area contributed by atoms with Crippen LogP contribution in [0.15, 0.2) is 56.3 Å². The number of ether oxygens (including phenoxy) is 2. The number of esters is 2. The Balaban J connectivity index is 2.42. The van der Waals surface area contributed by atoms with Gasteiger partial charge in [0.2, 0.25) is 15.9 Å². The first-order valence-corrected chi connectivity index (χ1v) is 15.9. The first-order valence-electron chi connectivity index (χ1n) is 14.5. The summed E-state index contributed by atoms with van der Waals surface area (Å²) >= 11 is 0. The number of nitriles is 1. The Morgan fingerprint density at radius 2 is 1.67 bits per heavy atom. The van der Waals surface area contributed by atoms with Gasteiger partial charge in [0.15, 0.2) is 5.69 Å². The normalized spacial score (nSPS) is 13.1. The van der Waals surface area contributed by atoms with E-state index in [0.29, 0.717) is 6.42 Å². The van der Waals surface area contributed by atoms with Gasteiger partial charge in [-0.3, -0.25) is 14.2 Å². The van der Waals surface area contributed by atoms with Crippen LogP contribution in [0.1, 0.15) is 65.5 Å². The van der Waals surface area contributed by atoms with Gasteiger partial charge in [-0.05, 0) is 58.4 Å². The average Bonchev–Trinajstić information content (AvgIpc) is 2.96. The second-order valence-electron chi connectivity index (χ2n) is 11.0. The molecule has 0 aliphatic carbocycles. The van der Waals surface area contributed by atoms with E-state index < -0.39 is 51.5 Å². The van der Waals surface area contributed by atoms with E-state index in [0.717, 1.165) is 15.3 Å². The van der Waals surface area contributed by atoms with Crippen LogP contribution in [0.25, 0.3) is 0 Å². The molecule has 2 unspecified atom stereocenters. The van der Waals surface area contributed by atoms with Gasteiger partial charge in [0, 0.05) is 17.7 Å². The fourth-order valence-corrected chi connectivity index (χ4v) is 5.65. The van der Waals surface area contributed by atoms with Gasteiger partial charge in [-0.25, -0.2) is 13.2 Å². The molecule has 0 fully saturated rings. The number of benzene rings is 1. The molecular formula is C31H41N5O8S. The molecule has 0 amide bonds. The SMILES string of the molecule is C=C(C)C(=O)OC(C)CN(CC(C)OC(=O)C(C)C)S(=O)(=O)c1ccc(N=Nc2c(C)c(C#N)c(O)n(CCCC)c2=O)cc1. The Morgan fingerprint density at radius 3 is 2.18 bits per heavy atom. The predicted octanol–water partition coefficient (Wildman–Crippen LogP) is 5.04. The smallest absolute Gasteiger partial charge is 0.333 e. The quantitative estimate of drug-likeness (QED) is 0.158. The molecule has 0 aliphatic heterocycles. The molecule has 13 nitrogen and oxygen atoms in total. The molecule has 1 heterocycles.